The van der Waals surface area contributed by atoms with E-state index in [-0.39, 0.29) is 6.61 Å². The molecule has 19 heavy (non-hydrogen) atoms. The lowest BCUT2D eigenvalue weighted by Gasteiger charge is -2.13. The van der Waals surface area contributed by atoms with Gasteiger partial charge in [-0.25, -0.2) is 4.98 Å². The third-order valence-corrected chi connectivity index (χ3v) is 3.42. The van der Waals surface area contributed by atoms with E-state index in [1.807, 2.05) is 32.9 Å². The number of aliphatic hydroxyl groups excluding tert-OH is 1. The number of aliphatic hydroxyl groups is 1. The number of pyridine rings is 1. The van der Waals surface area contributed by atoms with E-state index < -0.39 is 0 Å². The maximum atomic E-state index is 9.14. The van der Waals surface area contributed by atoms with Crippen LogP contribution >= 0.6 is 0 Å². The van der Waals surface area contributed by atoms with Gasteiger partial charge in [0.25, 0.3) is 0 Å². The number of aromatic nitrogens is 1. The third kappa shape index (κ3) is 2.76. The van der Waals surface area contributed by atoms with Gasteiger partial charge >= 0.3 is 0 Å². The lowest BCUT2D eigenvalue weighted by atomic mass is 10.1. The Bertz CT molecular complexity index is 606. The van der Waals surface area contributed by atoms with Crippen molar-refractivity contribution in [3.05, 3.63) is 52.2 Å². The van der Waals surface area contributed by atoms with E-state index in [1.165, 1.54) is 5.56 Å². The fourth-order valence-corrected chi connectivity index (χ4v) is 1.98. The average molecular weight is 257 g/mol. The SMILES string of the molecule is Cc1ccc(C)c(Oc2ccc(CO)c(C)n2)c1C. The summed E-state index contributed by atoms with van der Waals surface area (Å²) in [6.07, 6.45) is 0. The summed E-state index contributed by atoms with van der Waals surface area (Å²) >= 11 is 0. The van der Waals surface area contributed by atoms with Crippen LogP contribution < -0.4 is 4.74 Å². The second-order valence-electron chi connectivity index (χ2n) is 4.81. The van der Waals surface area contributed by atoms with E-state index in [9.17, 15) is 0 Å². The van der Waals surface area contributed by atoms with Gasteiger partial charge in [-0.3, -0.25) is 0 Å². The Morgan fingerprint density at radius 3 is 2.32 bits per heavy atom. The monoisotopic (exact) mass is 257 g/mol. The van der Waals surface area contributed by atoms with Gasteiger partial charge in [-0.1, -0.05) is 12.1 Å². The van der Waals surface area contributed by atoms with Gasteiger partial charge in [-0.15, -0.1) is 0 Å². The predicted molar refractivity (Wildman–Crippen MR) is 75.6 cm³/mol. The van der Waals surface area contributed by atoms with Crippen molar-refractivity contribution in [3.63, 3.8) is 0 Å². The molecule has 0 aliphatic rings. The first-order valence-electron chi connectivity index (χ1n) is 6.35. The van der Waals surface area contributed by atoms with Gasteiger partial charge in [0.2, 0.25) is 5.88 Å². The fraction of sp³-hybridized carbons (Fsp3) is 0.312. The Balaban J connectivity index is 2.36. The highest BCUT2D eigenvalue weighted by molar-refractivity contribution is 5.46. The molecule has 0 unspecified atom stereocenters. The van der Waals surface area contributed by atoms with Gasteiger partial charge in [0, 0.05) is 11.8 Å². The van der Waals surface area contributed by atoms with Crippen molar-refractivity contribution in [2.75, 3.05) is 0 Å². The topological polar surface area (TPSA) is 42.4 Å². The minimum atomic E-state index is 0.00160. The zero-order chi connectivity index (χ0) is 14.0. The molecule has 1 aromatic heterocycles. The van der Waals surface area contributed by atoms with Gasteiger partial charge in [-0.2, -0.15) is 0 Å². The summed E-state index contributed by atoms with van der Waals surface area (Å²) in [5.74, 6) is 1.43. The number of nitrogens with zero attached hydrogens (tertiary/aromatic N) is 1. The Kier molecular flexibility index (Phi) is 3.86. The Morgan fingerprint density at radius 1 is 1.00 bits per heavy atom. The summed E-state index contributed by atoms with van der Waals surface area (Å²) in [7, 11) is 0. The number of aryl methyl sites for hydroxylation is 3. The van der Waals surface area contributed by atoms with Crippen molar-refractivity contribution in [1.29, 1.82) is 0 Å². The molecule has 0 atom stereocenters. The summed E-state index contributed by atoms with van der Waals surface area (Å²) in [6.45, 7) is 8.01. The van der Waals surface area contributed by atoms with Crippen LogP contribution in [0.2, 0.25) is 0 Å². The van der Waals surface area contributed by atoms with Crippen LogP contribution in [0.25, 0.3) is 0 Å². The molecule has 100 valence electrons. The van der Waals surface area contributed by atoms with Gasteiger partial charge in [0.15, 0.2) is 0 Å². The molecule has 2 aromatic rings. The maximum absolute atomic E-state index is 9.14. The zero-order valence-corrected chi connectivity index (χ0v) is 11.8. The van der Waals surface area contributed by atoms with Crippen LogP contribution in [0.1, 0.15) is 27.9 Å². The Hall–Kier alpha value is -1.87. The van der Waals surface area contributed by atoms with Crippen LogP contribution in [0.15, 0.2) is 24.3 Å². The molecule has 2 rings (SSSR count). The van der Waals surface area contributed by atoms with Crippen LogP contribution in [0.5, 0.6) is 11.6 Å². The fourth-order valence-electron chi connectivity index (χ4n) is 1.98. The Labute approximate surface area is 113 Å². The molecule has 1 heterocycles. The number of hydrogen-bond acceptors (Lipinski definition) is 3. The van der Waals surface area contributed by atoms with Crippen molar-refractivity contribution in [1.82, 2.24) is 4.98 Å². The van der Waals surface area contributed by atoms with E-state index in [0.717, 1.165) is 28.1 Å². The first-order chi connectivity index (χ1) is 9.02. The largest absolute Gasteiger partial charge is 0.438 e. The quantitative estimate of drug-likeness (QED) is 0.913. The first kappa shape index (κ1) is 13.6. The molecular weight excluding hydrogens is 238 g/mol. The van der Waals surface area contributed by atoms with E-state index in [1.54, 1.807) is 6.07 Å². The molecule has 0 aliphatic carbocycles. The minimum Gasteiger partial charge on any atom is -0.438 e. The minimum absolute atomic E-state index is 0.00160. The number of rotatable bonds is 3. The summed E-state index contributed by atoms with van der Waals surface area (Å²) in [6, 6.07) is 7.77. The highest BCUT2D eigenvalue weighted by Crippen LogP contribution is 2.30. The van der Waals surface area contributed by atoms with Crippen LogP contribution in [-0.4, -0.2) is 10.1 Å². The van der Waals surface area contributed by atoms with Crippen molar-refractivity contribution in [2.24, 2.45) is 0 Å². The third-order valence-electron chi connectivity index (χ3n) is 3.42. The van der Waals surface area contributed by atoms with Gasteiger partial charge in [0.05, 0.1) is 6.61 Å². The molecule has 0 bridgehead atoms. The maximum Gasteiger partial charge on any atom is 0.219 e. The van der Waals surface area contributed by atoms with Gasteiger partial charge < -0.3 is 9.84 Å². The molecule has 0 fully saturated rings. The van der Waals surface area contributed by atoms with Crippen LogP contribution in [-0.2, 0) is 6.61 Å². The second kappa shape index (κ2) is 5.41. The highest BCUT2D eigenvalue weighted by Gasteiger charge is 2.09. The van der Waals surface area contributed by atoms with Crippen molar-refractivity contribution < 1.29 is 9.84 Å². The zero-order valence-electron chi connectivity index (χ0n) is 11.8. The summed E-state index contributed by atoms with van der Waals surface area (Å²) in [4.78, 5) is 4.37. The average Bonchev–Trinajstić information content (AvgIpc) is 2.39. The lowest BCUT2D eigenvalue weighted by molar-refractivity contribution is 0.280. The summed E-state index contributed by atoms with van der Waals surface area (Å²) in [5, 5.41) is 9.14. The number of benzene rings is 1. The molecule has 0 saturated heterocycles. The molecular formula is C16H19NO2. The second-order valence-corrected chi connectivity index (χ2v) is 4.81. The molecule has 1 N–H and O–H groups in total. The van der Waals surface area contributed by atoms with E-state index in [0.29, 0.717) is 5.88 Å². The number of ether oxygens (including phenoxy) is 1. The first-order valence-corrected chi connectivity index (χ1v) is 6.35. The molecule has 0 aliphatic heterocycles. The van der Waals surface area contributed by atoms with Gasteiger partial charge in [0.1, 0.15) is 5.75 Å². The molecule has 0 saturated carbocycles. The number of hydrogen-bond donors (Lipinski definition) is 1. The van der Waals surface area contributed by atoms with E-state index >= 15 is 0 Å². The summed E-state index contributed by atoms with van der Waals surface area (Å²) in [5.41, 5.74) is 5.04. The molecule has 0 radical (unpaired) electrons. The van der Waals surface area contributed by atoms with Crippen LogP contribution in [0, 0.1) is 27.7 Å². The normalized spacial score (nSPS) is 10.6. The Morgan fingerprint density at radius 2 is 1.68 bits per heavy atom. The van der Waals surface area contributed by atoms with Crippen LogP contribution in [0.3, 0.4) is 0 Å². The van der Waals surface area contributed by atoms with Crippen molar-refractivity contribution in [3.8, 4) is 11.6 Å². The molecule has 1 aromatic carbocycles. The van der Waals surface area contributed by atoms with Crippen molar-refractivity contribution in [2.45, 2.75) is 34.3 Å². The van der Waals surface area contributed by atoms with E-state index in [2.05, 4.69) is 18.0 Å². The van der Waals surface area contributed by atoms with Crippen LogP contribution in [0.4, 0.5) is 0 Å². The van der Waals surface area contributed by atoms with Crippen molar-refractivity contribution >= 4 is 0 Å². The highest BCUT2D eigenvalue weighted by atomic mass is 16.5. The molecule has 3 nitrogen and oxygen atoms in total. The molecule has 3 heteroatoms. The van der Waals surface area contributed by atoms with Gasteiger partial charge in [-0.05, 0) is 56.0 Å². The standard InChI is InChI=1S/C16H19NO2/c1-10-5-6-11(2)16(12(10)3)19-15-8-7-14(9-18)13(4)17-15/h5-8,18H,9H2,1-4H3. The lowest BCUT2D eigenvalue weighted by Crippen LogP contribution is -1.98. The molecule has 0 amide bonds. The van der Waals surface area contributed by atoms with E-state index in [4.69, 9.17) is 9.84 Å². The molecule has 0 spiro atoms. The smallest absolute Gasteiger partial charge is 0.219 e. The predicted octanol–water partition coefficient (Wildman–Crippen LogP) is 3.60. The summed E-state index contributed by atoms with van der Waals surface area (Å²) < 4.78 is 5.91.